The van der Waals surface area contributed by atoms with Crippen LogP contribution in [0.25, 0.3) is 6.08 Å². The van der Waals surface area contributed by atoms with E-state index in [-0.39, 0.29) is 5.78 Å². The molecule has 1 aliphatic rings. The van der Waals surface area contributed by atoms with Crippen LogP contribution in [0.3, 0.4) is 0 Å². The maximum atomic E-state index is 12.0. The van der Waals surface area contributed by atoms with Crippen LogP contribution < -0.4 is 9.47 Å². The summed E-state index contributed by atoms with van der Waals surface area (Å²) in [5, 5.41) is 0.669. The second-order valence-corrected chi connectivity index (χ2v) is 6.78. The van der Waals surface area contributed by atoms with E-state index in [1.54, 1.807) is 12.2 Å². The Balaban J connectivity index is 1.40. The molecule has 5 heteroatoms. The minimum absolute atomic E-state index is 0.111. The van der Waals surface area contributed by atoms with Gasteiger partial charge in [0, 0.05) is 24.5 Å². The lowest BCUT2D eigenvalue weighted by molar-refractivity contribution is -0.114. The molecule has 0 amide bonds. The summed E-state index contributed by atoms with van der Waals surface area (Å²) in [6, 6.07) is 13.5. The zero-order valence-electron chi connectivity index (χ0n) is 14.8. The molecule has 3 rings (SSSR count). The molecule has 0 saturated carbocycles. The lowest BCUT2D eigenvalue weighted by Crippen LogP contribution is -2.24. The Morgan fingerprint density at radius 3 is 2.85 bits per heavy atom. The topological polar surface area (TPSA) is 38.8 Å². The molecule has 0 aromatic heterocycles. The van der Waals surface area contributed by atoms with E-state index in [1.165, 1.54) is 5.56 Å². The van der Waals surface area contributed by atoms with Crippen molar-refractivity contribution in [3.05, 3.63) is 64.7 Å². The van der Waals surface area contributed by atoms with Crippen LogP contribution in [0.4, 0.5) is 0 Å². The van der Waals surface area contributed by atoms with Crippen molar-refractivity contribution in [2.75, 3.05) is 26.9 Å². The summed E-state index contributed by atoms with van der Waals surface area (Å²) in [6.45, 7) is 1.90. The van der Waals surface area contributed by atoms with E-state index >= 15 is 0 Å². The van der Waals surface area contributed by atoms with E-state index in [0.717, 1.165) is 36.6 Å². The zero-order valence-corrected chi connectivity index (χ0v) is 15.5. The van der Waals surface area contributed by atoms with Gasteiger partial charge in [0.05, 0.1) is 0 Å². The Labute approximate surface area is 159 Å². The van der Waals surface area contributed by atoms with E-state index < -0.39 is 0 Å². The molecule has 4 nitrogen and oxygen atoms in total. The van der Waals surface area contributed by atoms with Gasteiger partial charge in [-0.1, -0.05) is 35.9 Å². The van der Waals surface area contributed by atoms with Crippen molar-refractivity contribution in [2.24, 2.45) is 0 Å². The summed E-state index contributed by atoms with van der Waals surface area (Å²) >= 11 is 5.94. The van der Waals surface area contributed by atoms with Crippen LogP contribution in [0.5, 0.6) is 11.5 Å². The molecule has 0 spiro atoms. The van der Waals surface area contributed by atoms with Crippen LogP contribution in [-0.2, 0) is 11.2 Å². The predicted octanol–water partition coefficient (Wildman–Crippen LogP) is 4.22. The molecule has 0 saturated heterocycles. The summed E-state index contributed by atoms with van der Waals surface area (Å²) in [5.74, 6) is 1.73. The first-order valence-electron chi connectivity index (χ1n) is 8.64. The fourth-order valence-corrected chi connectivity index (χ4v) is 2.91. The van der Waals surface area contributed by atoms with E-state index in [4.69, 9.17) is 21.1 Å². The lowest BCUT2D eigenvalue weighted by atomic mass is 10.1. The number of ketones is 1. The average molecular weight is 372 g/mol. The Morgan fingerprint density at radius 1 is 1.15 bits per heavy atom. The molecule has 136 valence electrons. The number of fused-ring (bicyclic) bond motifs is 1. The second kappa shape index (κ2) is 8.88. The third-order valence-corrected chi connectivity index (χ3v) is 4.50. The van der Waals surface area contributed by atoms with Gasteiger partial charge in [-0.25, -0.2) is 0 Å². The molecule has 0 unspecified atom stereocenters. The molecule has 0 radical (unpaired) electrons. The van der Waals surface area contributed by atoms with Gasteiger partial charge in [-0.2, -0.15) is 0 Å². The van der Waals surface area contributed by atoms with Crippen molar-refractivity contribution in [2.45, 2.75) is 12.8 Å². The number of carbonyl (C=O) groups excluding carboxylic acids is 1. The first-order valence-corrected chi connectivity index (χ1v) is 9.01. The van der Waals surface area contributed by atoms with Crippen LogP contribution >= 0.6 is 11.6 Å². The van der Waals surface area contributed by atoms with Gasteiger partial charge in [-0.3, -0.25) is 4.79 Å². The molecule has 0 N–H and O–H groups in total. The number of carbonyl (C=O) groups is 1. The van der Waals surface area contributed by atoms with Crippen molar-refractivity contribution < 1.29 is 14.3 Å². The quantitative estimate of drug-likeness (QED) is 0.651. The molecule has 2 aromatic rings. The van der Waals surface area contributed by atoms with Crippen LogP contribution in [0, 0.1) is 0 Å². The Morgan fingerprint density at radius 2 is 2.00 bits per heavy atom. The highest BCUT2D eigenvalue weighted by Gasteiger charge is 2.13. The number of hydrogen-bond acceptors (Lipinski definition) is 4. The van der Waals surface area contributed by atoms with Gasteiger partial charge in [-0.15, -0.1) is 0 Å². The van der Waals surface area contributed by atoms with Crippen LogP contribution in [0.2, 0.25) is 5.02 Å². The maximum Gasteiger partial charge on any atom is 0.231 e. The number of nitrogens with zero attached hydrogens (tertiary/aromatic N) is 1. The van der Waals surface area contributed by atoms with Gasteiger partial charge in [0.2, 0.25) is 6.79 Å². The van der Waals surface area contributed by atoms with Gasteiger partial charge in [0.15, 0.2) is 17.3 Å². The molecule has 0 bridgehead atoms. The summed E-state index contributed by atoms with van der Waals surface area (Å²) in [7, 11) is 2.03. The van der Waals surface area contributed by atoms with Gasteiger partial charge >= 0.3 is 0 Å². The van der Waals surface area contributed by atoms with Crippen molar-refractivity contribution in [3.63, 3.8) is 0 Å². The zero-order chi connectivity index (χ0) is 18.4. The van der Waals surface area contributed by atoms with Crippen molar-refractivity contribution in [1.82, 2.24) is 4.90 Å². The summed E-state index contributed by atoms with van der Waals surface area (Å²) in [5.41, 5.74) is 2.13. The van der Waals surface area contributed by atoms with Crippen molar-refractivity contribution in [3.8, 4) is 11.5 Å². The van der Waals surface area contributed by atoms with Crippen LogP contribution in [-0.4, -0.2) is 37.6 Å². The molecular weight excluding hydrogens is 350 g/mol. The van der Waals surface area contributed by atoms with Gasteiger partial charge in [0.25, 0.3) is 0 Å². The smallest absolute Gasteiger partial charge is 0.231 e. The van der Waals surface area contributed by atoms with E-state index in [2.05, 4.69) is 11.0 Å². The SMILES string of the molecule is CN(CCC(=O)/C=C/c1cccc(Cl)c1)CCc1ccc2c(c1)OCO2. The number of halogens is 1. The van der Waals surface area contributed by atoms with Crippen LogP contribution in [0.1, 0.15) is 17.5 Å². The van der Waals surface area contributed by atoms with E-state index in [1.807, 2.05) is 43.4 Å². The molecule has 0 fully saturated rings. The normalized spacial score (nSPS) is 12.9. The number of hydrogen-bond donors (Lipinski definition) is 0. The Kier molecular flexibility index (Phi) is 6.31. The molecule has 2 aromatic carbocycles. The van der Waals surface area contributed by atoms with Crippen LogP contribution in [0.15, 0.2) is 48.5 Å². The number of likely N-dealkylation sites (N-methyl/N-ethyl adjacent to an activating group) is 1. The molecule has 1 aliphatic heterocycles. The number of allylic oxidation sites excluding steroid dienone is 1. The fourth-order valence-electron chi connectivity index (χ4n) is 2.71. The Hall–Kier alpha value is -2.30. The first kappa shape index (κ1) is 18.5. The maximum absolute atomic E-state index is 12.0. The molecule has 0 aliphatic carbocycles. The molecule has 26 heavy (non-hydrogen) atoms. The van der Waals surface area contributed by atoms with Gasteiger partial charge in [-0.05, 0) is 54.9 Å². The fraction of sp³-hybridized carbons (Fsp3) is 0.286. The third kappa shape index (κ3) is 5.35. The largest absolute Gasteiger partial charge is 0.454 e. The highest BCUT2D eigenvalue weighted by Crippen LogP contribution is 2.32. The number of benzene rings is 2. The number of ether oxygens (including phenoxy) is 2. The van der Waals surface area contributed by atoms with Gasteiger partial charge in [0.1, 0.15) is 0 Å². The summed E-state index contributed by atoms with van der Waals surface area (Å²) in [6.07, 6.45) is 4.83. The first-order chi connectivity index (χ1) is 12.6. The third-order valence-electron chi connectivity index (χ3n) is 4.27. The minimum atomic E-state index is 0.111. The van der Waals surface area contributed by atoms with E-state index in [9.17, 15) is 4.79 Å². The second-order valence-electron chi connectivity index (χ2n) is 6.35. The minimum Gasteiger partial charge on any atom is -0.454 e. The number of rotatable bonds is 8. The summed E-state index contributed by atoms with van der Waals surface area (Å²) < 4.78 is 10.7. The molecule has 0 atom stereocenters. The molecular formula is C21H22ClNO3. The van der Waals surface area contributed by atoms with Crippen molar-refractivity contribution >= 4 is 23.5 Å². The monoisotopic (exact) mass is 371 g/mol. The standard InChI is InChI=1S/C21H22ClNO3/c1-23(11-9-17-6-8-20-21(14-17)26-15-25-20)12-10-19(24)7-5-16-3-2-4-18(22)13-16/h2-8,13-14H,9-12,15H2,1H3/b7-5+. The average Bonchev–Trinajstić information content (AvgIpc) is 3.11. The Bertz CT molecular complexity index is 804. The van der Waals surface area contributed by atoms with Crippen molar-refractivity contribution in [1.29, 1.82) is 0 Å². The highest BCUT2D eigenvalue weighted by molar-refractivity contribution is 6.30. The lowest BCUT2D eigenvalue weighted by Gasteiger charge is -2.15. The van der Waals surface area contributed by atoms with E-state index in [0.29, 0.717) is 18.2 Å². The summed E-state index contributed by atoms with van der Waals surface area (Å²) in [4.78, 5) is 14.2. The van der Waals surface area contributed by atoms with Gasteiger partial charge < -0.3 is 14.4 Å². The predicted molar refractivity (Wildman–Crippen MR) is 104 cm³/mol. The highest BCUT2D eigenvalue weighted by atomic mass is 35.5. The molecule has 1 heterocycles.